The number of methoxy groups -OCH3 is 2. The van der Waals surface area contributed by atoms with Crippen LogP contribution in [0.15, 0.2) is 34.6 Å². The predicted molar refractivity (Wildman–Crippen MR) is 99.9 cm³/mol. The Labute approximate surface area is 144 Å². The van der Waals surface area contributed by atoms with Gasteiger partial charge in [0.1, 0.15) is 17.2 Å². The van der Waals surface area contributed by atoms with Crippen LogP contribution in [0.4, 0.5) is 5.69 Å². The highest BCUT2D eigenvalue weighted by Gasteiger charge is 2.18. The predicted octanol–water partition coefficient (Wildman–Crippen LogP) is 3.35. The molecular weight excluding hydrogens is 324 g/mol. The van der Waals surface area contributed by atoms with E-state index < -0.39 is 0 Å². The Bertz CT molecular complexity index is 932. The van der Waals surface area contributed by atoms with Crippen LogP contribution in [0.2, 0.25) is 0 Å². The van der Waals surface area contributed by atoms with Crippen molar-refractivity contribution in [1.82, 2.24) is 4.57 Å². The number of ether oxygens (including phenoxy) is 2. The van der Waals surface area contributed by atoms with Crippen molar-refractivity contribution >= 4 is 27.1 Å². The molecule has 3 aromatic rings. The fourth-order valence-electron chi connectivity index (χ4n) is 2.88. The molecule has 5 nitrogen and oxygen atoms in total. The Kier molecular flexibility index (Phi) is 4.24. The van der Waals surface area contributed by atoms with Crippen LogP contribution >= 0.6 is 11.3 Å². The summed E-state index contributed by atoms with van der Waals surface area (Å²) in [6, 6.07) is 5.84. The second-order valence-corrected chi connectivity index (χ2v) is 6.66. The third-order valence-corrected chi connectivity index (χ3v) is 4.97. The van der Waals surface area contributed by atoms with Crippen LogP contribution in [0, 0.1) is 0 Å². The van der Waals surface area contributed by atoms with Gasteiger partial charge in [-0.15, -0.1) is 11.3 Å². The van der Waals surface area contributed by atoms with Gasteiger partial charge in [0.25, 0.3) is 5.56 Å². The van der Waals surface area contributed by atoms with Crippen LogP contribution in [0.1, 0.15) is 0 Å². The minimum Gasteiger partial charge on any atom is -0.494 e. The molecule has 0 aliphatic heterocycles. The highest BCUT2D eigenvalue weighted by molar-refractivity contribution is 7.17. The lowest BCUT2D eigenvalue weighted by Crippen LogP contribution is -2.15. The average molecular weight is 344 g/mol. The summed E-state index contributed by atoms with van der Waals surface area (Å²) in [5.41, 5.74) is 2.84. The van der Waals surface area contributed by atoms with E-state index in [1.807, 2.05) is 48.8 Å². The molecule has 0 spiro atoms. The molecule has 0 N–H and O–H groups in total. The Balaban J connectivity index is 2.33. The molecular formula is C18H20N2O3S. The van der Waals surface area contributed by atoms with E-state index >= 15 is 0 Å². The van der Waals surface area contributed by atoms with Gasteiger partial charge in [0.15, 0.2) is 0 Å². The number of fused-ring (bicyclic) bond motifs is 1. The number of hydrogen-bond acceptors (Lipinski definition) is 5. The van der Waals surface area contributed by atoms with E-state index in [1.54, 1.807) is 37.2 Å². The molecule has 0 bridgehead atoms. The number of hydrogen-bond donors (Lipinski definition) is 0. The smallest absolute Gasteiger partial charge is 0.259 e. The summed E-state index contributed by atoms with van der Waals surface area (Å²) in [5, 5.41) is 2.67. The van der Waals surface area contributed by atoms with Crippen LogP contribution in [0.5, 0.6) is 11.5 Å². The maximum Gasteiger partial charge on any atom is 0.259 e. The average Bonchev–Trinajstić information content (AvgIpc) is 3.06. The number of nitrogens with zero attached hydrogens (tertiary/aromatic N) is 2. The van der Waals surface area contributed by atoms with Gasteiger partial charge in [-0.05, 0) is 29.1 Å². The second-order valence-electron chi connectivity index (χ2n) is 5.75. The summed E-state index contributed by atoms with van der Waals surface area (Å²) in [5.74, 6) is 1.46. The van der Waals surface area contributed by atoms with E-state index in [2.05, 4.69) is 0 Å². The molecule has 0 saturated carbocycles. The number of aromatic nitrogens is 1. The lowest BCUT2D eigenvalue weighted by atomic mass is 10.0. The molecule has 2 aromatic heterocycles. The van der Waals surface area contributed by atoms with Crippen LogP contribution in [-0.4, -0.2) is 32.9 Å². The normalized spacial score (nSPS) is 10.9. The van der Waals surface area contributed by atoms with E-state index in [-0.39, 0.29) is 5.56 Å². The fourth-order valence-corrected chi connectivity index (χ4v) is 3.80. The maximum atomic E-state index is 12.3. The molecule has 24 heavy (non-hydrogen) atoms. The molecule has 2 heterocycles. The monoisotopic (exact) mass is 344 g/mol. The number of benzene rings is 1. The molecule has 0 radical (unpaired) electrons. The molecule has 0 amide bonds. The number of anilines is 1. The van der Waals surface area contributed by atoms with Gasteiger partial charge in [-0.3, -0.25) is 4.79 Å². The standard InChI is InChI=1S/C18H20N2O3S/c1-19(2)16-14(22-4)8-11(9-15(16)23-5)13-10-20(3)18(21)12-6-7-24-17(12)13/h6-10H,1-5H3. The van der Waals surface area contributed by atoms with Gasteiger partial charge in [-0.1, -0.05) is 0 Å². The zero-order valence-electron chi connectivity index (χ0n) is 14.4. The topological polar surface area (TPSA) is 43.7 Å². The lowest BCUT2D eigenvalue weighted by Gasteiger charge is -2.21. The number of thiophene rings is 1. The van der Waals surface area contributed by atoms with Crippen molar-refractivity contribution < 1.29 is 9.47 Å². The van der Waals surface area contributed by atoms with Crippen molar-refractivity contribution in [2.45, 2.75) is 0 Å². The molecule has 3 rings (SSSR count). The van der Waals surface area contributed by atoms with Gasteiger partial charge in [-0.2, -0.15) is 0 Å². The van der Waals surface area contributed by atoms with Gasteiger partial charge < -0.3 is 18.9 Å². The third kappa shape index (κ3) is 2.53. The van der Waals surface area contributed by atoms with Gasteiger partial charge in [0.05, 0.1) is 19.6 Å². The third-order valence-electron chi connectivity index (χ3n) is 4.02. The first-order chi connectivity index (χ1) is 11.5. The second kappa shape index (κ2) is 6.20. The van der Waals surface area contributed by atoms with Crippen molar-refractivity contribution in [3.63, 3.8) is 0 Å². The first-order valence-electron chi connectivity index (χ1n) is 7.48. The summed E-state index contributed by atoms with van der Waals surface area (Å²) < 4.78 is 13.7. The summed E-state index contributed by atoms with van der Waals surface area (Å²) in [4.78, 5) is 14.2. The van der Waals surface area contributed by atoms with Gasteiger partial charge in [0, 0.05) is 37.6 Å². The van der Waals surface area contributed by atoms with E-state index in [0.717, 1.165) is 38.4 Å². The van der Waals surface area contributed by atoms with E-state index in [9.17, 15) is 4.79 Å². The maximum absolute atomic E-state index is 12.3. The van der Waals surface area contributed by atoms with Gasteiger partial charge in [-0.25, -0.2) is 0 Å². The summed E-state index contributed by atoms with van der Waals surface area (Å²) in [6.45, 7) is 0. The van der Waals surface area contributed by atoms with Crippen LogP contribution in [-0.2, 0) is 7.05 Å². The van der Waals surface area contributed by atoms with Gasteiger partial charge >= 0.3 is 0 Å². The summed E-state index contributed by atoms with van der Waals surface area (Å²) in [6.07, 6.45) is 1.87. The zero-order chi connectivity index (χ0) is 17.4. The molecule has 0 aliphatic rings. The first-order valence-corrected chi connectivity index (χ1v) is 8.36. The van der Waals surface area contributed by atoms with E-state index in [0.29, 0.717) is 0 Å². The minimum atomic E-state index is 0.0128. The van der Waals surface area contributed by atoms with Crippen molar-refractivity contribution in [3.05, 3.63) is 40.1 Å². The van der Waals surface area contributed by atoms with Crippen LogP contribution in [0.25, 0.3) is 21.2 Å². The first kappa shape index (κ1) is 16.4. The van der Waals surface area contributed by atoms with E-state index in [1.165, 1.54) is 0 Å². The molecule has 1 aromatic carbocycles. The molecule has 0 aliphatic carbocycles. The van der Waals surface area contributed by atoms with Crippen molar-refractivity contribution in [1.29, 1.82) is 0 Å². The Hall–Kier alpha value is -2.47. The SMILES string of the molecule is COc1cc(-c2cn(C)c(=O)c3ccsc23)cc(OC)c1N(C)C. The molecule has 0 unspecified atom stereocenters. The Morgan fingerprint density at radius 1 is 1.12 bits per heavy atom. The number of aryl methyl sites for hydroxylation is 1. The largest absolute Gasteiger partial charge is 0.494 e. The molecule has 0 fully saturated rings. The zero-order valence-corrected chi connectivity index (χ0v) is 15.2. The van der Waals surface area contributed by atoms with Crippen LogP contribution in [0.3, 0.4) is 0 Å². The Morgan fingerprint density at radius 2 is 1.75 bits per heavy atom. The molecule has 0 atom stereocenters. The fraction of sp³-hybridized carbons (Fsp3) is 0.278. The summed E-state index contributed by atoms with van der Waals surface area (Å²) >= 11 is 1.56. The highest BCUT2D eigenvalue weighted by atomic mass is 32.1. The van der Waals surface area contributed by atoms with Crippen molar-refractivity contribution in [2.75, 3.05) is 33.2 Å². The summed E-state index contributed by atoms with van der Waals surface area (Å²) in [7, 11) is 8.96. The quantitative estimate of drug-likeness (QED) is 0.728. The highest BCUT2D eigenvalue weighted by Crippen LogP contribution is 2.42. The number of rotatable bonds is 4. The molecule has 0 saturated heterocycles. The van der Waals surface area contributed by atoms with Gasteiger partial charge in [0.2, 0.25) is 0 Å². The van der Waals surface area contributed by atoms with Crippen molar-refractivity contribution in [2.24, 2.45) is 7.05 Å². The number of pyridine rings is 1. The van der Waals surface area contributed by atoms with Crippen molar-refractivity contribution in [3.8, 4) is 22.6 Å². The molecule has 6 heteroatoms. The Morgan fingerprint density at radius 3 is 2.29 bits per heavy atom. The van der Waals surface area contributed by atoms with Crippen LogP contribution < -0.4 is 19.9 Å². The lowest BCUT2D eigenvalue weighted by molar-refractivity contribution is 0.396. The molecule has 126 valence electrons. The minimum absolute atomic E-state index is 0.0128. The van der Waals surface area contributed by atoms with E-state index in [4.69, 9.17) is 9.47 Å².